The van der Waals surface area contributed by atoms with E-state index in [-0.39, 0.29) is 16.8 Å². The molecular weight excluding hydrogens is 344 g/mol. The van der Waals surface area contributed by atoms with Gasteiger partial charge in [-0.15, -0.1) is 0 Å². The lowest BCUT2D eigenvalue weighted by Crippen LogP contribution is -2.19. The van der Waals surface area contributed by atoms with Gasteiger partial charge in [0.25, 0.3) is 0 Å². The molecule has 3 rings (SSSR count). The molecule has 0 amide bonds. The summed E-state index contributed by atoms with van der Waals surface area (Å²) in [5.41, 5.74) is 1.95. The van der Waals surface area contributed by atoms with Crippen molar-refractivity contribution in [3.05, 3.63) is 74.6 Å². The minimum absolute atomic E-state index is 0.165. The summed E-state index contributed by atoms with van der Waals surface area (Å²) >= 11 is 3.52. The Balaban J connectivity index is 2.25. The van der Waals surface area contributed by atoms with E-state index in [1.54, 1.807) is 18.5 Å². The van der Waals surface area contributed by atoms with E-state index in [0.717, 1.165) is 10.0 Å². The number of Topliss-reactive ketones (excluding diaryl/α,β-unsaturated/α-hetero) is 1. The van der Waals surface area contributed by atoms with Gasteiger partial charge in [-0.25, -0.2) is 0 Å². The van der Waals surface area contributed by atoms with Crippen molar-refractivity contribution in [2.45, 2.75) is 13.5 Å². The molecule has 0 atom stereocenters. The molecule has 0 fully saturated rings. The number of nitrogens with zero attached hydrogens (tertiary/aromatic N) is 2. The third-order valence-corrected chi connectivity index (χ3v) is 4.29. The topological polar surface area (TPSA) is 52.0 Å². The largest absolute Gasteiger partial charge is 0.341 e. The van der Waals surface area contributed by atoms with Crippen LogP contribution in [-0.2, 0) is 6.54 Å². The van der Waals surface area contributed by atoms with Gasteiger partial charge < -0.3 is 4.57 Å². The number of aromatic nitrogens is 2. The molecule has 110 valence electrons. The zero-order valence-electron chi connectivity index (χ0n) is 11.9. The summed E-state index contributed by atoms with van der Waals surface area (Å²) in [6, 6.07) is 11.5. The van der Waals surface area contributed by atoms with Crippen molar-refractivity contribution >= 4 is 32.7 Å². The molecule has 2 heterocycles. The molecule has 0 unspecified atom stereocenters. The number of hydrogen-bond donors (Lipinski definition) is 0. The van der Waals surface area contributed by atoms with Crippen molar-refractivity contribution in [1.82, 2.24) is 9.55 Å². The molecule has 0 aliphatic carbocycles. The van der Waals surface area contributed by atoms with Crippen LogP contribution in [0.25, 0.3) is 11.0 Å². The molecule has 0 aliphatic rings. The van der Waals surface area contributed by atoms with Crippen LogP contribution in [0.5, 0.6) is 0 Å². The second-order valence-corrected chi connectivity index (χ2v) is 5.87. The summed E-state index contributed by atoms with van der Waals surface area (Å²) in [7, 11) is 0. The smallest absolute Gasteiger partial charge is 0.218 e. The van der Waals surface area contributed by atoms with Gasteiger partial charge in [0.15, 0.2) is 5.78 Å². The van der Waals surface area contributed by atoms with Gasteiger partial charge in [-0.2, -0.15) is 0 Å². The molecule has 0 radical (unpaired) electrons. The minimum Gasteiger partial charge on any atom is -0.341 e. The lowest BCUT2D eigenvalue weighted by Gasteiger charge is -2.13. The van der Waals surface area contributed by atoms with Crippen LogP contribution in [0.4, 0.5) is 0 Å². The van der Waals surface area contributed by atoms with Crippen LogP contribution in [0, 0.1) is 0 Å². The molecule has 2 aromatic heterocycles. The monoisotopic (exact) mass is 356 g/mol. The fourth-order valence-electron chi connectivity index (χ4n) is 2.41. The van der Waals surface area contributed by atoms with Crippen LogP contribution in [-0.4, -0.2) is 15.3 Å². The van der Waals surface area contributed by atoms with Gasteiger partial charge in [0, 0.05) is 23.4 Å². The first-order valence-corrected chi connectivity index (χ1v) is 7.59. The highest BCUT2D eigenvalue weighted by Crippen LogP contribution is 2.19. The number of carbonyl (C=O) groups excluding carboxylic acids is 1. The maximum absolute atomic E-state index is 12.3. The average molecular weight is 357 g/mol. The summed E-state index contributed by atoms with van der Waals surface area (Å²) in [4.78, 5) is 28.2. The predicted octanol–water partition coefficient (Wildman–Crippen LogP) is 3.41. The molecule has 5 heteroatoms. The highest BCUT2D eigenvalue weighted by atomic mass is 79.9. The summed E-state index contributed by atoms with van der Waals surface area (Å²) in [5, 5.41) is 0. The second-order valence-electron chi connectivity index (χ2n) is 5.02. The number of carbonyl (C=O) groups is 1. The van der Waals surface area contributed by atoms with E-state index in [9.17, 15) is 9.59 Å². The third kappa shape index (κ3) is 2.60. The Hall–Kier alpha value is -2.27. The van der Waals surface area contributed by atoms with E-state index in [0.29, 0.717) is 17.6 Å². The normalized spacial score (nSPS) is 10.8. The van der Waals surface area contributed by atoms with E-state index in [1.807, 2.05) is 34.9 Å². The van der Waals surface area contributed by atoms with Crippen LogP contribution < -0.4 is 5.43 Å². The molecule has 0 N–H and O–H groups in total. The van der Waals surface area contributed by atoms with E-state index in [4.69, 9.17) is 0 Å². The Morgan fingerprint density at radius 3 is 2.73 bits per heavy atom. The van der Waals surface area contributed by atoms with Gasteiger partial charge in [0.05, 0.1) is 11.1 Å². The summed E-state index contributed by atoms with van der Waals surface area (Å²) in [6.45, 7) is 1.94. The van der Waals surface area contributed by atoms with E-state index in [1.165, 1.54) is 6.92 Å². The molecule has 0 saturated heterocycles. The molecule has 1 aromatic carbocycles. The predicted molar refractivity (Wildman–Crippen MR) is 89.3 cm³/mol. The Kier molecular flexibility index (Phi) is 3.90. The zero-order chi connectivity index (χ0) is 15.7. The van der Waals surface area contributed by atoms with E-state index in [2.05, 4.69) is 20.9 Å². The third-order valence-electron chi connectivity index (χ3n) is 3.52. The Labute approximate surface area is 135 Å². The number of hydrogen-bond acceptors (Lipinski definition) is 3. The van der Waals surface area contributed by atoms with Gasteiger partial charge in [-0.1, -0.05) is 34.1 Å². The number of halogens is 1. The quantitative estimate of drug-likeness (QED) is 0.675. The first-order valence-electron chi connectivity index (χ1n) is 6.80. The lowest BCUT2D eigenvalue weighted by atomic mass is 10.1. The van der Waals surface area contributed by atoms with Gasteiger partial charge in [-0.3, -0.25) is 14.6 Å². The minimum atomic E-state index is -0.313. The number of rotatable bonds is 3. The van der Waals surface area contributed by atoms with E-state index >= 15 is 0 Å². The molecule has 22 heavy (non-hydrogen) atoms. The molecule has 3 aromatic rings. The van der Waals surface area contributed by atoms with Gasteiger partial charge in [0.1, 0.15) is 5.52 Å². The SMILES string of the molecule is CC(=O)c1cn(Cc2ccccc2Br)c2cccnc2c1=O. The summed E-state index contributed by atoms with van der Waals surface area (Å²) in [5.74, 6) is -0.251. The molecule has 0 spiro atoms. The van der Waals surface area contributed by atoms with Crippen molar-refractivity contribution in [2.24, 2.45) is 0 Å². The van der Waals surface area contributed by atoms with Crippen LogP contribution in [0.3, 0.4) is 0 Å². The first kappa shape index (κ1) is 14.7. The van der Waals surface area contributed by atoms with Crippen molar-refractivity contribution in [3.63, 3.8) is 0 Å². The van der Waals surface area contributed by atoms with Crippen LogP contribution >= 0.6 is 15.9 Å². The number of ketones is 1. The van der Waals surface area contributed by atoms with Gasteiger partial charge >= 0.3 is 0 Å². The van der Waals surface area contributed by atoms with Crippen LogP contribution in [0.1, 0.15) is 22.8 Å². The van der Waals surface area contributed by atoms with Crippen LogP contribution in [0.2, 0.25) is 0 Å². The van der Waals surface area contributed by atoms with E-state index < -0.39 is 0 Å². The Morgan fingerprint density at radius 1 is 1.23 bits per heavy atom. The van der Waals surface area contributed by atoms with Gasteiger partial charge in [0.2, 0.25) is 5.43 Å². The first-order chi connectivity index (χ1) is 10.6. The summed E-state index contributed by atoms with van der Waals surface area (Å²) < 4.78 is 2.87. The standard InChI is InChI=1S/C17H13BrN2O2/c1-11(21)13-10-20(9-12-5-2-3-6-14(12)18)15-7-4-8-19-16(15)17(13)22/h2-8,10H,9H2,1H3. The Bertz CT molecular complexity index is 931. The van der Waals surface area contributed by atoms with Crippen molar-refractivity contribution < 1.29 is 4.79 Å². The summed E-state index contributed by atoms with van der Waals surface area (Å²) in [6.07, 6.45) is 3.19. The van der Waals surface area contributed by atoms with Crippen molar-refractivity contribution in [2.75, 3.05) is 0 Å². The van der Waals surface area contributed by atoms with Gasteiger partial charge in [-0.05, 0) is 30.7 Å². The molecule has 0 bridgehead atoms. The number of fused-ring (bicyclic) bond motifs is 1. The molecule has 4 nitrogen and oxygen atoms in total. The number of benzene rings is 1. The average Bonchev–Trinajstić information content (AvgIpc) is 2.52. The fourth-order valence-corrected chi connectivity index (χ4v) is 2.82. The molecule has 0 aliphatic heterocycles. The Morgan fingerprint density at radius 2 is 2.00 bits per heavy atom. The fraction of sp³-hybridized carbons (Fsp3) is 0.118. The van der Waals surface area contributed by atoms with Crippen molar-refractivity contribution in [3.8, 4) is 0 Å². The second kappa shape index (κ2) is 5.85. The van der Waals surface area contributed by atoms with Crippen LogP contribution in [0.15, 0.2) is 58.1 Å². The lowest BCUT2D eigenvalue weighted by molar-refractivity contribution is 0.101. The maximum atomic E-state index is 12.3. The highest BCUT2D eigenvalue weighted by molar-refractivity contribution is 9.10. The highest BCUT2D eigenvalue weighted by Gasteiger charge is 2.13. The van der Waals surface area contributed by atoms with Crippen molar-refractivity contribution in [1.29, 1.82) is 0 Å². The maximum Gasteiger partial charge on any atom is 0.218 e. The number of pyridine rings is 2. The molecule has 0 saturated carbocycles. The molecular formula is C17H13BrN2O2. The zero-order valence-corrected chi connectivity index (χ0v) is 13.5.